The first-order valence-corrected chi connectivity index (χ1v) is 4.53. The normalized spacial score (nSPS) is 29.5. The largest absolute Gasteiger partial charge is 0.396 e. The van der Waals surface area contributed by atoms with Gasteiger partial charge in [0.15, 0.2) is 0 Å². The van der Waals surface area contributed by atoms with Crippen LogP contribution in [0.25, 0.3) is 0 Å². The van der Waals surface area contributed by atoms with Crippen molar-refractivity contribution in [2.45, 2.75) is 27.2 Å². The van der Waals surface area contributed by atoms with Crippen molar-refractivity contribution in [1.29, 1.82) is 0 Å². The molecule has 0 amide bonds. The lowest BCUT2D eigenvalue weighted by Crippen LogP contribution is -2.09. The Morgan fingerprint density at radius 1 is 1.36 bits per heavy atom. The quantitative estimate of drug-likeness (QED) is 0.666. The highest BCUT2D eigenvalue weighted by Gasteiger charge is 2.22. The van der Waals surface area contributed by atoms with Gasteiger partial charge in [-0.25, -0.2) is 0 Å². The SMILES string of the molecule is CC.C[C@H]1COC[C@H]1CCO. The highest BCUT2D eigenvalue weighted by atomic mass is 16.5. The zero-order chi connectivity index (χ0) is 8.69. The van der Waals surface area contributed by atoms with Gasteiger partial charge in [0.25, 0.3) is 0 Å². The van der Waals surface area contributed by atoms with E-state index in [1.165, 1.54) is 0 Å². The molecule has 1 N–H and O–H groups in total. The van der Waals surface area contributed by atoms with Crippen LogP contribution < -0.4 is 0 Å². The van der Waals surface area contributed by atoms with Crippen LogP contribution in [-0.2, 0) is 4.74 Å². The highest BCUT2D eigenvalue weighted by molar-refractivity contribution is 4.70. The van der Waals surface area contributed by atoms with Gasteiger partial charge in [0.2, 0.25) is 0 Å². The van der Waals surface area contributed by atoms with E-state index in [9.17, 15) is 0 Å². The molecule has 0 aromatic rings. The number of hydrogen-bond acceptors (Lipinski definition) is 2. The molecule has 1 fully saturated rings. The second kappa shape index (κ2) is 6.62. The third-order valence-corrected chi connectivity index (χ3v) is 2.02. The van der Waals surface area contributed by atoms with Crippen molar-refractivity contribution < 1.29 is 9.84 Å². The summed E-state index contributed by atoms with van der Waals surface area (Å²) in [5.41, 5.74) is 0. The maximum Gasteiger partial charge on any atom is 0.0498 e. The summed E-state index contributed by atoms with van der Waals surface area (Å²) in [4.78, 5) is 0. The van der Waals surface area contributed by atoms with Gasteiger partial charge in [-0.2, -0.15) is 0 Å². The summed E-state index contributed by atoms with van der Waals surface area (Å²) >= 11 is 0. The first kappa shape index (κ1) is 10.9. The molecule has 1 aliphatic rings. The monoisotopic (exact) mass is 160 g/mol. The second-order valence-corrected chi connectivity index (χ2v) is 2.79. The van der Waals surface area contributed by atoms with Gasteiger partial charge in [-0.3, -0.25) is 0 Å². The van der Waals surface area contributed by atoms with Gasteiger partial charge >= 0.3 is 0 Å². The first-order chi connectivity index (χ1) is 5.34. The van der Waals surface area contributed by atoms with E-state index >= 15 is 0 Å². The highest BCUT2D eigenvalue weighted by Crippen LogP contribution is 2.22. The fourth-order valence-corrected chi connectivity index (χ4v) is 1.24. The van der Waals surface area contributed by atoms with Crippen molar-refractivity contribution in [3.63, 3.8) is 0 Å². The number of rotatable bonds is 2. The molecule has 1 saturated heterocycles. The Balaban J connectivity index is 0.000000461. The molecule has 0 saturated carbocycles. The summed E-state index contributed by atoms with van der Waals surface area (Å²) in [6.07, 6.45) is 0.904. The van der Waals surface area contributed by atoms with E-state index in [4.69, 9.17) is 9.84 Å². The fourth-order valence-electron chi connectivity index (χ4n) is 1.24. The third-order valence-electron chi connectivity index (χ3n) is 2.02. The Labute approximate surface area is 69.6 Å². The number of hydrogen-bond donors (Lipinski definition) is 1. The topological polar surface area (TPSA) is 29.5 Å². The number of aliphatic hydroxyl groups is 1. The van der Waals surface area contributed by atoms with Crippen LogP contribution in [-0.4, -0.2) is 24.9 Å². The van der Waals surface area contributed by atoms with Gasteiger partial charge in [-0.15, -0.1) is 0 Å². The molecule has 0 spiro atoms. The summed E-state index contributed by atoms with van der Waals surface area (Å²) < 4.78 is 5.21. The van der Waals surface area contributed by atoms with Crippen LogP contribution >= 0.6 is 0 Å². The smallest absolute Gasteiger partial charge is 0.0498 e. The Hall–Kier alpha value is -0.0800. The van der Waals surface area contributed by atoms with Crippen molar-refractivity contribution in [2.24, 2.45) is 11.8 Å². The minimum atomic E-state index is 0.304. The predicted molar refractivity (Wildman–Crippen MR) is 46.5 cm³/mol. The zero-order valence-electron chi connectivity index (χ0n) is 7.84. The van der Waals surface area contributed by atoms with Gasteiger partial charge in [0, 0.05) is 19.8 Å². The van der Waals surface area contributed by atoms with Crippen molar-refractivity contribution in [3.8, 4) is 0 Å². The molecule has 2 nitrogen and oxygen atoms in total. The predicted octanol–water partition coefficient (Wildman–Crippen LogP) is 1.68. The molecule has 11 heavy (non-hydrogen) atoms. The summed E-state index contributed by atoms with van der Waals surface area (Å²) in [7, 11) is 0. The van der Waals surface area contributed by atoms with Gasteiger partial charge in [0.1, 0.15) is 0 Å². The van der Waals surface area contributed by atoms with E-state index in [1.54, 1.807) is 0 Å². The summed E-state index contributed by atoms with van der Waals surface area (Å²) in [5, 5.41) is 8.59. The minimum Gasteiger partial charge on any atom is -0.396 e. The fraction of sp³-hybridized carbons (Fsp3) is 1.00. The molecule has 1 aliphatic heterocycles. The van der Waals surface area contributed by atoms with E-state index in [1.807, 2.05) is 13.8 Å². The molecule has 2 heteroatoms. The van der Waals surface area contributed by atoms with Crippen molar-refractivity contribution in [1.82, 2.24) is 0 Å². The van der Waals surface area contributed by atoms with Crippen molar-refractivity contribution in [3.05, 3.63) is 0 Å². The summed E-state index contributed by atoms with van der Waals surface area (Å²) in [6, 6.07) is 0. The van der Waals surface area contributed by atoms with Crippen LogP contribution in [0.5, 0.6) is 0 Å². The van der Waals surface area contributed by atoms with Crippen LogP contribution in [0.2, 0.25) is 0 Å². The molecule has 0 radical (unpaired) electrons. The van der Waals surface area contributed by atoms with Crippen molar-refractivity contribution in [2.75, 3.05) is 19.8 Å². The van der Waals surface area contributed by atoms with Crippen LogP contribution in [0, 0.1) is 11.8 Å². The van der Waals surface area contributed by atoms with E-state index < -0.39 is 0 Å². The molecule has 68 valence electrons. The molecular weight excluding hydrogens is 140 g/mol. The Kier molecular flexibility index (Phi) is 6.57. The number of aliphatic hydroxyl groups excluding tert-OH is 1. The summed E-state index contributed by atoms with van der Waals surface area (Å²) in [6.45, 7) is 8.21. The van der Waals surface area contributed by atoms with Crippen LogP contribution in [0.3, 0.4) is 0 Å². The molecule has 2 atom stereocenters. The van der Waals surface area contributed by atoms with Gasteiger partial charge in [-0.1, -0.05) is 20.8 Å². The molecule has 0 unspecified atom stereocenters. The zero-order valence-corrected chi connectivity index (χ0v) is 7.84. The van der Waals surface area contributed by atoms with Gasteiger partial charge in [-0.05, 0) is 18.3 Å². The first-order valence-electron chi connectivity index (χ1n) is 4.53. The molecule has 0 aliphatic carbocycles. The maximum absolute atomic E-state index is 8.59. The van der Waals surface area contributed by atoms with Crippen LogP contribution in [0.15, 0.2) is 0 Å². The van der Waals surface area contributed by atoms with E-state index in [2.05, 4.69) is 6.92 Å². The van der Waals surface area contributed by atoms with Gasteiger partial charge < -0.3 is 9.84 Å². The Bertz CT molecular complexity index is 83.6. The average Bonchev–Trinajstić information content (AvgIpc) is 2.42. The summed E-state index contributed by atoms with van der Waals surface area (Å²) in [5.74, 6) is 1.26. The average molecular weight is 160 g/mol. The molecular formula is C9H20O2. The number of ether oxygens (including phenoxy) is 1. The minimum absolute atomic E-state index is 0.304. The van der Waals surface area contributed by atoms with Gasteiger partial charge in [0.05, 0.1) is 0 Å². The van der Waals surface area contributed by atoms with Crippen LogP contribution in [0.4, 0.5) is 0 Å². The van der Waals surface area contributed by atoms with E-state index in [0.717, 1.165) is 19.6 Å². The van der Waals surface area contributed by atoms with E-state index in [-0.39, 0.29) is 0 Å². The lowest BCUT2D eigenvalue weighted by Gasteiger charge is -2.09. The third kappa shape index (κ3) is 3.73. The Morgan fingerprint density at radius 2 is 2.00 bits per heavy atom. The molecule has 0 bridgehead atoms. The second-order valence-electron chi connectivity index (χ2n) is 2.79. The maximum atomic E-state index is 8.59. The van der Waals surface area contributed by atoms with Crippen LogP contribution in [0.1, 0.15) is 27.2 Å². The Morgan fingerprint density at radius 3 is 2.36 bits per heavy atom. The molecule has 1 rings (SSSR count). The standard InChI is InChI=1S/C7H14O2.C2H6/c1-6-4-9-5-7(6)2-3-8;1-2/h6-8H,2-5H2,1H3;1-2H3/t6-,7+;/m0./s1. The van der Waals surface area contributed by atoms with Crippen molar-refractivity contribution >= 4 is 0 Å². The molecule has 0 aromatic carbocycles. The molecule has 0 aromatic heterocycles. The lowest BCUT2D eigenvalue weighted by molar-refractivity contribution is 0.174. The lowest BCUT2D eigenvalue weighted by atomic mass is 9.95. The van der Waals surface area contributed by atoms with E-state index in [0.29, 0.717) is 18.4 Å². The molecule has 1 heterocycles.